The van der Waals surface area contributed by atoms with Crippen LogP contribution in [0.4, 0.5) is 49.1 Å². The summed E-state index contributed by atoms with van der Waals surface area (Å²) in [5, 5.41) is 5.88. The Kier molecular flexibility index (Phi) is 24.1. The number of nitrogens with one attached hydrogen (secondary N) is 1. The SMILES string of the molecule is CC(=O)OOC(C)=O.FC(F)(F)c1ccc(N2CCN(C3CCN(c4cccc5cccnc45)CC3)CC2)c2ncccc12.FC(F)(F)c1ccc(N2CCNCC2)c2ncccc12.O=C1CCN(c2cccc3cccnc23)CC1.[B-]OC(C)=O.[Na+]. The molecule has 4 aromatic heterocycles. The molecule has 0 aliphatic carbocycles. The topological polar surface area (TPSA) is 176 Å². The summed E-state index contributed by atoms with van der Waals surface area (Å²) in [5.74, 6) is -1.38. The predicted molar refractivity (Wildman–Crippen MR) is 319 cm³/mol. The number of piperazine rings is 2. The number of Topliss-reactive ketones (excluding diaryl/α,β-unsaturated/α-hetero) is 1. The molecule has 4 fully saturated rings. The van der Waals surface area contributed by atoms with E-state index in [1.54, 1.807) is 24.4 Å². The Balaban J connectivity index is 0.000000179. The van der Waals surface area contributed by atoms with Crippen LogP contribution in [0.5, 0.6) is 0 Å². The van der Waals surface area contributed by atoms with Crippen molar-refractivity contribution in [2.75, 3.05) is 98.1 Å². The third-order valence-electron chi connectivity index (χ3n) is 14.9. The summed E-state index contributed by atoms with van der Waals surface area (Å²) in [4.78, 5) is 77.1. The number of halogens is 6. The molecule has 25 heteroatoms. The Morgan fingerprint density at radius 3 is 1.26 bits per heavy atom. The number of hydrogen-bond acceptors (Lipinski definition) is 17. The van der Waals surface area contributed by atoms with Gasteiger partial charge >= 0.3 is 53.8 Å². The van der Waals surface area contributed by atoms with Gasteiger partial charge in [-0.2, -0.15) is 26.3 Å². The smallest absolute Gasteiger partial charge is 0.793 e. The van der Waals surface area contributed by atoms with E-state index in [4.69, 9.17) is 0 Å². The van der Waals surface area contributed by atoms with E-state index in [1.165, 1.54) is 48.5 Å². The number of aromatic nitrogens is 4. The minimum absolute atomic E-state index is 0. The number of anilines is 4. The molecule has 451 valence electrons. The van der Waals surface area contributed by atoms with Crippen LogP contribution in [0, 0.1) is 0 Å². The molecule has 8 aromatic rings. The fourth-order valence-corrected chi connectivity index (χ4v) is 10.8. The fraction of sp³-hybridized carbons (Fsp3) is 0.355. The van der Waals surface area contributed by atoms with Crippen LogP contribution in [0.15, 0.2) is 134 Å². The zero-order valence-electron chi connectivity index (χ0n) is 48.8. The van der Waals surface area contributed by atoms with E-state index in [0.717, 1.165) is 145 Å². The van der Waals surface area contributed by atoms with Gasteiger partial charge in [0, 0.05) is 165 Å². The number of rotatable bonds is 5. The number of hydrogen-bond donors (Lipinski definition) is 1. The molecule has 1 N–H and O–H groups in total. The second kappa shape index (κ2) is 31.3. The van der Waals surface area contributed by atoms with Gasteiger partial charge in [-0.05, 0) is 73.5 Å². The van der Waals surface area contributed by atoms with Gasteiger partial charge in [0.05, 0.1) is 55.9 Å². The molecule has 4 aromatic carbocycles. The van der Waals surface area contributed by atoms with Gasteiger partial charge in [0.25, 0.3) is 0 Å². The number of benzene rings is 4. The van der Waals surface area contributed by atoms with Gasteiger partial charge in [-0.1, -0.05) is 48.5 Å². The zero-order chi connectivity index (χ0) is 61.4. The number of fused-ring (bicyclic) bond motifs is 4. The molecule has 0 unspecified atom stereocenters. The number of nitrogens with zero attached hydrogens (tertiary/aromatic N) is 9. The van der Waals surface area contributed by atoms with E-state index in [2.05, 4.69) is 121 Å². The van der Waals surface area contributed by atoms with Crippen molar-refractivity contribution in [2.45, 2.75) is 64.8 Å². The molecule has 3 radical (unpaired) electrons. The molecule has 4 aliphatic heterocycles. The number of carbonyl (C=O) groups excluding carboxylic acids is 4. The quantitative estimate of drug-likeness (QED) is 0.0784. The molecule has 87 heavy (non-hydrogen) atoms. The van der Waals surface area contributed by atoms with Crippen LogP contribution in [0.3, 0.4) is 0 Å². The molecular weight excluding hydrogens is 1140 g/mol. The van der Waals surface area contributed by atoms with Crippen LogP contribution in [0.2, 0.25) is 0 Å². The summed E-state index contributed by atoms with van der Waals surface area (Å²) in [6.45, 7) is 13.7. The van der Waals surface area contributed by atoms with Crippen molar-refractivity contribution in [3.05, 3.63) is 145 Å². The number of para-hydroxylation sites is 2. The first-order valence-corrected chi connectivity index (χ1v) is 28.1. The minimum atomic E-state index is -4.39. The summed E-state index contributed by atoms with van der Waals surface area (Å²) in [7, 11) is 4.32. The first kappa shape index (κ1) is 66.9. The number of piperidine rings is 2. The Morgan fingerprint density at radius 2 is 0.851 bits per heavy atom. The maximum Gasteiger partial charge on any atom is 1.00 e. The van der Waals surface area contributed by atoms with Crippen LogP contribution in [0.1, 0.15) is 57.6 Å². The molecule has 4 aliphatic rings. The summed E-state index contributed by atoms with van der Waals surface area (Å²) in [5.41, 5.74) is 5.61. The van der Waals surface area contributed by atoms with Gasteiger partial charge in [-0.3, -0.25) is 34.4 Å². The fourth-order valence-electron chi connectivity index (χ4n) is 10.8. The van der Waals surface area contributed by atoms with Gasteiger partial charge < -0.3 is 37.6 Å². The Hall–Kier alpha value is -7.64. The van der Waals surface area contributed by atoms with E-state index in [1.807, 2.05) is 24.5 Å². The molecule has 4 saturated heterocycles. The first-order chi connectivity index (χ1) is 41.3. The molecule has 17 nitrogen and oxygen atoms in total. The Labute approximate surface area is 523 Å². The summed E-state index contributed by atoms with van der Waals surface area (Å²) in [6.07, 6.45) is 1.53. The van der Waals surface area contributed by atoms with Gasteiger partial charge in [0.15, 0.2) is 0 Å². The van der Waals surface area contributed by atoms with Gasteiger partial charge in [-0.15, -0.1) is 0 Å². The molecule has 8 heterocycles. The van der Waals surface area contributed by atoms with Crippen LogP contribution < -0.4 is 54.5 Å². The largest absolute Gasteiger partial charge is 1.00 e. The summed E-state index contributed by atoms with van der Waals surface area (Å²) < 4.78 is 83.3. The number of carbonyl (C=O) groups is 4. The van der Waals surface area contributed by atoms with Gasteiger partial charge in [0.2, 0.25) is 5.97 Å². The van der Waals surface area contributed by atoms with Crippen molar-refractivity contribution in [2.24, 2.45) is 0 Å². The normalized spacial score (nSPS) is 15.7. The number of alkyl halides is 6. The van der Waals surface area contributed by atoms with Crippen LogP contribution >= 0.6 is 0 Å². The minimum Gasteiger partial charge on any atom is -0.793 e. The van der Waals surface area contributed by atoms with Crippen molar-refractivity contribution in [1.29, 1.82) is 0 Å². The molecule has 12 rings (SSSR count). The second-order valence-corrected chi connectivity index (χ2v) is 20.5. The summed E-state index contributed by atoms with van der Waals surface area (Å²) in [6, 6.07) is 32.8. The molecule has 0 saturated carbocycles. The van der Waals surface area contributed by atoms with Crippen molar-refractivity contribution in [1.82, 2.24) is 30.2 Å². The maximum absolute atomic E-state index is 13.5. The molecule has 0 amide bonds. The maximum atomic E-state index is 13.5. The van der Waals surface area contributed by atoms with Crippen LogP contribution in [-0.4, -0.2) is 141 Å². The van der Waals surface area contributed by atoms with E-state index in [9.17, 15) is 45.5 Å². The van der Waals surface area contributed by atoms with Crippen molar-refractivity contribution < 1.29 is 89.5 Å². The first-order valence-electron chi connectivity index (χ1n) is 28.1. The van der Waals surface area contributed by atoms with Gasteiger partial charge in [0.1, 0.15) is 5.78 Å². The Bertz CT molecular complexity index is 3590. The monoisotopic (exact) mass is 1210 g/mol. The predicted octanol–water partition coefficient (Wildman–Crippen LogP) is 7.32. The molecule has 0 atom stereocenters. The number of ketones is 1. The van der Waals surface area contributed by atoms with Crippen molar-refractivity contribution in [3.8, 4) is 0 Å². The van der Waals surface area contributed by atoms with Gasteiger partial charge in [-0.25, -0.2) is 19.4 Å². The molecule has 0 spiro atoms. The third-order valence-corrected chi connectivity index (χ3v) is 14.9. The number of pyridine rings is 4. The Morgan fingerprint density at radius 1 is 0.483 bits per heavy atom. The zero-order valence-corrected chi connectivity index (χ0v) is 50.8. The average molecular weight is 1210 g/mol. The van der Waals surface area contributed by atoms with Crippen LogP contribution in [0.25, 0.3) is 43.6 Å². The standard InChI is InChI=1S/C28H28F3N5.C14H14F3N3.C14H14N2O.C4H6O4.C2H3BO2.Na/c29-28(30,31)23-8-9-25(27-22(23)6-3-13-33-27)36-18-16-34(17-19-36)21-10-14-35(15-11-21)24-7-1-4-20-5-2-12-32-26(20)24;15-14(16,17)11-3-4-12(20-8-6-18-7-9-20)13-10(11)2-1-5-19-13;17-12-6-9-16(10-7-12)13-5-1-3-11-4-2-8-15-14(11)13;1-3(5)7-8-4(2)6;1-2(4)5-3;/h1-9,12-13,21H,10-11,14-19H2;1-5,18H,6-9H2;1-5,8H,6-7,9-10H2;1-2H3;1H3;/q;;;;-1;+1. The second-order valence-electron chi connectivity index (χ2n) is 20.5. The molecular formula is C62H65BF6N10NaO7. The van der Waals surface area contributed by atoms with E-state index in [-0.39, 0.29) is 40.3 Å². The summed E-state index contributed by atoms with van der Waals surface area (Å²) >= 11 is 0. The van der Waals surface area contributed by atoms with Crippen molar-refractivity contribution >= 4 is 98.1 Å². The van der Waals surface area contributed by atoms with E-state index in [0.29, 0.717) is 35.7 Å². The van der Waals surface area contributed by atoms with E-state index >= 15 is 0 Å². The average Bonchev–Trinajstić information content (AvgIpc) is 1.98. The van der Waals surface area contributed by atoms with Crippen LogP contribution in [-0.2, 0) is 46.0 Å². The third kappa shape index (κ3) is 18.0. The molecule has 0 bridgehead atoms. The van der Waals surface area contributed by atoms with E-state index < -0.39 is 41.4 Å². The van der Waals surface area contributed by atoms with Crippen molar-refractivity contribution in [3.63, 3.8) is 0 Å².